The van der Waals surface area contributed by atoms with Crippen molar-refractivity contribution in [2.45, 2.75) is 13.3 Å². The maximum Gasteiger partial charge on any atom is 0.376 e. The van der Waals surface area contributed by atoms with Gasteiger partial charge in [0, 0.05) is 29.4 Å². The summed E-state index contributed by atoms with van der Waals surface area (Å²) < 4.78 is 12.2. The maximum atomic E-state index is 12.1. The van der Waals surface area contributed by atoms with Crippen LogP contribution in [0.5, 0.6) is 5.75 Å². The average Bonchev–Trinajstić information content (AvgIpc) is 3.25. The van der Waals surface area contributed by atoms with Gasteiger partial charge >= 0.3 is 5.97 Å². The van der Waals surface area contributed by atoms with Gasteiger partial charge in [-0.1, -0.05) is 23.7 Å². The van der Waals surface area contributed by atoms with Crippen LogP contribution in [0, 0.1) is 6.92 Å². The lowest BCUT2D eigenvalue weighted by Gasteiger charge is -2.13. The van der Waals surface area contributed by atoms with Gasteiger partial charge in [0.2, 0.25) is 11.8 Å². The minimum atomic E-state index is -0.652. The Bertz CT molecular complexity index is 1290. The molecule has 0 saturated heterocycles. The van der Waals surface area contributed by atoms with E-state index in [0.717, 1.165) is 16.9 Å². The Labute approximate surface area is 195 Å². The van der Waals surface area contributed by atoms with Crippen molar-refractivity contribution >= 4 is 29.2 Å². The van der Waals surface area contributed by atoms with Crippen LogP contribution >= 0.6 is 11.6 Å². The number of hydrogen-bond acceptors (Lipinski definition) is 8. The number of benzene rings is 2. The molecule has 0 bridgehead atoms. The van der Waals surface area contributed by atoms with Crippen LogP contribution in [0.15, 0.2) is 55.0 Å². The number of carbonyl (C=O) groups excluding carboxylic acids is 1. The minimum absolute atomic E-state index is 0.0866. The first-order chi connectivity index (χ1) is 15.9. The van der Waals surface area contributed by atoms with Gasteiger partial charge in [0.15, 0.2) is 0 Å². The second-order valence-corrected chi connectivity index (χ2v) is 7.56. The van der Waals surface area contributed by atoms with Crippen molar-refractivity contribution in [1.82, 2.24) is 24.5 Å². The molecule has 0 aliphatic carbocycles. The van der Waals surface area contributed by atoms with E-state index in [4.69, 9.17) is 21.1 Å². The summed E-state index contributed by atoms with van der Waals surface area (Å²) in [7, 11) is 2.87. The molecule has 0 aliphatic rings. The van der Waals surface area contributed by atoms with Gasteiger partial charge in [-0.2, -0.15) is 9.97 Å². The SMILES string of the molecule is COC(=O)c1nc(Cc2ccc(Cl)cc2)nc(Nc2ccc(-n3cnc(C)c3)c(OC)c2)n1. The van der Waals surface area contributed by atoms with Gasteiger partial charge in [0.25, 0.3) is 0 Å². The standard InChI is InChI=1S/C23H21ClN6O3/c1-14-12-30(13-25-14)18-9-8-17(11-19(18)32-2)26-23-28-20(27-21(29-23)22(31)33-3)10-15-4-6-16(24)7-5-15/h4-9,11-13H,10H2,1-3H3,(H,26,27,28,29). The van der Waals surface area contributed by atoms with Crippen LogP contribution in [-0.2, 0) is 11.2 Å². The summed E-state index contributed by atoms with van der Waals surface area (Å²) in [5, 5.41) is 3.76. The highest BCUT2D eigenvalue weighted by atomic mass is 35.5. The van der Waals surface area contributed by atoms with E-state index in [0.29, 0.717) is 28.7 Å². The lowest BCUT2D eigenvalue weighted by molar-refractivity contribution is 0.0586. The molecule has 2 aromatic heterocycles. The number of aryl methyl sites for hydroxylation is 1. The summed E-state index contributed by atoms with van der Waals surface area (Å²) in [6, 6.07) is 12.9. The summed E-state index contributed by atoms with van der Waals surface area (Å²) in [5.41, 5.74) is 3.34. The molecule has 0 amide bonds. The molecule has 2 heterocycles. The van der Waals surface area contributed by atoms with Gasteiger partial charge in [0.1, 0.15) is 11.6 Å². The predicted octanol–water partition coefficient (Wildman–Crippen LogP) is 4.15. The van der Waals surface area contributed by atoms with Gasteiger partial charge in [0.05, 0.1) is 31.9 Å². The molecule has 0 unspecified atom stereocenters. The molecule has 0 aliphatic heterocycles. The molecule has 0 atom stereocenters. The van der Waals surface area contributed by atoms with E-state index in [1.165, 1.54) is 7.11 Å². The van der Waals surface area contributed by atoms with E-state index >= 15 is 0 Å². The Morgan fingerprint density at radius 3 is 2.55 bits per heavy atom. The van der Waals surface area contributed by atoms with E-state index in [1.807, 2.05) is 48.0 Å². The van der Waals surface area contributed by atoms with Crippen LogP contribution in [0.3, 0.4) is 0 Å². The van der Waals surface area contributed by atoms with E-state index < -0.39 is 5.97 Å². The van der Waals surface area contributed by atoms with E-state index in [2.05, 4.69) is 25.3 Å². The van der Waals surface area contributed by atoms with Crippen LogP contribution in [0.1, 0.15) is 27.7 Å². The van der Waals surface area contributed by atoms with Gasteiger partial charge in [-0.05, 0) is 36.8 Å². The number of aromatic nitrogens is 5. The monoisotopic (exact) mass is 464 g/mol. The first-order valence-electron chi connectivity index (χ1n) is 9.99. The molecular formula is C23H21ClN6O3. The zero-order valence-electron chi connectivity index (χ0n) is 18.2. The van der Waals surface area contributed by atoms with Gasteiger partial charge < -0.3 is 19.4 Å². The van der Waals surface area contributed by atoms with Crippen LogP contribution in [0.4, 0.5) is 11.6 Å². The number of nitrogens with one attached hydrogen (secondary N) is 1. The second-order valence-electron chi connectivity index (χ2n) is 7.13. The first-order valence-corrected chi connectivity index (χ1v) is 10.4. The molecule has 4 rings (SSSR count). The highest BCUT2D eigenvalue weighted by Crippen LogP contribution is 2.28. The molecule has 0 spiro atoms. The quantitative estimate of drug-likeness (QED) is 0.407. The summed E-state index contributed by atoms with van der Waals surface area (Å²) in [6.07, 6.45) is 4.02. The van der Waals surface area contributed by atoms with Crippen LogP contribution in [0.25, 0.3) is 5.69 Å². The van der Waals surface area contributed by atoms with Crippen molar-refractivity contribution in [3.8, 4) is 11.4 Å². The lowest BCUT2D eigenvalue weighted by atomic mass is 10.1. The van der Waals surface area contributed by atoms with Crippen molar-refractivity contribution in [2.75, 3.05) is 19.5 Å². The Morgan fingerprint density at radius 1 is 1.09 bits per heavy atom. The highest BCUT2D eigenvalue weighted by molar-refractivity contribution is 6.30. The van der Waals surface area contributed by atoms with Gasteiger partial charge in [-0.15, -0.1) is 0 Å². The number of methoxy groups -OCH3 is 2. The van der Waals surface area contributed by atoms with E-state index in [1.54, 1.807) is 25.6 Å². The molecule has 0 fully saturated rings. The lowest BCUT2D eigenvalue weighted by Crippen LogP contribution is -2.13. The Morgan fingerprint density at radius 2 is 1.88 bits per heavy atom. The summed E-state index contributed by atoms with van der Waals surface area (Å²) in [6.45, 7) is 1.92. The fourth-order valence-electron chi connectivity index (χ4n) is 3.17. The number of carbonyl (C=O) groups is 1. The summed E-state index contributed by atoms with van der Waals surface area (Å²) >= 11 is 5.96. The van der Waals surface area contributed by atoms with Gasteiger partial charge in [-0.3, -0.25) is 0 Å². The number of anilines is 2. The number of ether oxygens (including phenoxy) is 2. The number of rotatable bonds is 7. The average molecular weight is 465 g/mol. The van der Waals surface area contributed by atoms with E-state index in [9.17, 15) is 4.79 Å². The van der Waals surface area contributed by atoms with Crippen molar-refractivity contribution in [1.29, 1.82) is 0 Å². The first kappa shape index (κ1) is 22.2. The molecule has 0 saturated carbocycles. The van der Waals surface area contributed by atoms with Crippen molar-refractivity contribution in [3.05, 3.63) is 82.9 Å². The molecule has 9 nitrogen and oxygen atoms in total. The molecule has 2 aromatic carbocycles. The number of esters is 1. The highest BCUT2D eigenvalue weighted by Gasteiger charge is 2.16. The number of halogens is 1. The second kappa shape index (κ2) is 9.66. The molecule has 168 valence electrons. The Kier molecular flexibility index (Phi) is 6.50. The normalized spacial score (nSPS) is 10.7. The molecule has 0 radical (unpaired) electrons. The van der Waals surface area contributed by atoms with Crippen LogP contribution < -0.4 is 10.1 Å². The van der Waals surface area contributed by atoms with E-state index in [-0.39, 0.29) is 11.8 Å². The Balaban J connectivity index is 1.65. The van der Waals surface area contributed by atoms with Crippen molar-refractivity contribution in [3.63, 3.8) is 0 Å². The zero-order valence-corrected chi connectivity index (χ0v) is 19.0. The van der Waals surface area contributed by atoms with Crippen LogP contribution in [-0.4, -0.2) is 44.7 Å². The predicted molar refractivity (Wildman–Crippen MR) is 124 cm³/mol. The molecular weight excluding hydrogens is 444 g/mol. The summed E-state index contributed by atoms with van der Waals surface area (Å²) in [5.74, 6) is 0.508. The fourth-order valence-corrected chi connectivity index (χ4v) is 3.30. The molecule has 33 heavy (non-hydrogen) atoms. The fraction of sp³-hybridized carbons (Fsp3) is 0.174. The molecule has 4 aromatic rings. The topological polar surface area (TPSA) is 104 Å². The molecule has 10 heteroatoms. The smallest absolute Gasteiger partial charge is 0.376 e. The number of imidazole rings is 1. The number of nitrogens with zero attached hydrogens (tertiary/aromatic N) is 5. The maximum absolute atomic E-state index is 12.1. The molecule has 1 N–H and O–H groups in total. The minimum Gasteiger partial charge on any atom is -0.494 e. The number of hydrogen-bond donors (Lipinski definition) is 1. The largest absolute Gasteiger partial charge is 0.494 e. The third-order valence-corrected chi connectivity index (χ3v) is 5.00. The van der Waals surface area contributed by atoms with Crippen LogP contribution in [0.2, 0.25) is 5.02 Å². The van der Waals surface area contributed by atoms with Crippen molar-refractivity contribution in [2.24, 2.45) is 0 Å². The summed E-state index contributed by atoms with van der Waals surface area (Å²) in [4.78, 5) is 29.3. The van der Waals surface area contributed by atoms with Crippen molar-refractivity contribution < 1.29 is 14.3 Å². The zero-order chi connectivity index (χ0) is 23.4. The third-order valence-electron chi connectivity index (χ3n) is 4.75. The van der Waals surface area contributed by atoms with Gasteiger partial charge in [-0.25, -0.2) is 14.8 Å². The Hall–Kier alpha value is -3.98. The third kappa shape index (κ3) is 5.27.